The lowest BCUT2D eigenvalue weighted by atomic mass is 10.2. The minimum Gasteiger partial charge on any atom is -0.326 e. The van der Waals surface area contributed by atoms with Gasteiger partial charge in [-0.25, -0.2) is 8.42 Å². The molecule has 0 radical (unpaired) electrons. The molecule has 0 saturated heterocycles. The van der Waals surface area contributed by atoms with Crippen LogP contribution >= 0.6 is 27.5 Å². The summed E-state index contributed by atoms with van der Waals surface area (Å²) in [5.41, 5.74) is 2.18. The summed E-state index contributed by atoms with van der Waals surface area (Å²) in [4.78, 5) is 12.1. The minimum atomic E-state index is -3.42. The number of hydrogen-bond acceptors (Lipinski definition) is 3. The Morgan fingerprint density at radius 3 is 2.58 bits per heavy atom. The summed E-state index contributed by atoms with van der Waals surface area (Å²) in [6, 6.07) is 12.4. The van der Waals surface area contributed by atoms with Crippen LogP contribution < -0.4 is 9.62 Å². The van der Waals surface area contributed by atoms with Gasteiger partial charge in [0, 0.05) is 23.1 Å². The van der Waals surface area contributed by atoms with Crippen molar-refractivity contribution < 1.29 is 13.2 Å². The third-order valence-electron chi connectivity index (χ3n) is 3.66. The van der Waals surface area contributed by atoms with E-state index in [1.54, 1.807) is 24.3 Å². The molecule has 0 atom stereocenters. The van der Waals surface area contributed by atoms with E-state index in [-0.39, 0.29) is 18.9 Å². The first-order chi connectivity index (χ1) is 12.2. The predicted octanol–water partition coefficient (Wildman–Crippen LogP) is 4.60. The molecular weight excluding hydrogens is 440 g/mol. The largest absolute Gasteiger partial charge is 0.326 e. The zero-order valence-electron chi connectivity index (χ0n) is 14.5. The molecule has 0 unspecified atom stereocenters. The molecule has 5 nitrogen and oxygen atoms in total. The van der Waals surface area contributed by atoms with Crippen molar-refractivity contribution in [3.05, 3.63) is 57.5 Å². The molecule has 140 valence electrons. The van der Waals surface area contributed by atoms with Gasteiger partial charge in [-0.15, -0.1) is 0 Å². The number of rotatable bonds is 7. The maximum Gasteiger partial charge on any atom is 0.232 e. The van der Waals surface area contributed by atoms with Gasteiger partial charge in [-0.1, -0.05) is 23.7 Å². The number of amides is 1. The standard InChI is InChI=1S/C18H20BrClN2O3S/c1-13-5-3-6-15(11-13)22(26(2,24)25)10-4-7-18(23)21-14-8-9-16(19)17(20)12-14/h3,5-6,8-9,11-12H,4,7,10H2,1-2H3,(H,21,23). The van der Waals surface area contributed by atoms with E-state index in [4.69, 9.17) is 11.6 Å². The highest BCUT2D eigenvalue weighted by atomic mass is 79.9. The van der Waals surface area contributed by atoms with E-state index in [0.29, 0.717) is 22.8 Å². The molecule has 0 fully saturated rings. The van der Waals surface area contributed by atoms with Crippen LogP contribution in [0.3, 0.4) is 0 Å². The average molecular weight is 460 g/mol. The van der Waals surface area contributed by atoms with Crippen LogP contribution in [0.2, 0.25) is 5.02 Å². The Balaban J connectivity index is 1.96. The van der Waals surface area contributed by atoms with Crippen LogP contribution in [0.1, 0.15) is 18.4 Å². The zero-order chi connectivity index (χ0) is 19.3. The molecule has 2 aromatic rings. The number of anilines is 2. The van der Waals surface area contributed by atoms with E-state index in [1.165, 1.54) is 10.6 Å². The van der Waals surface area contributed by atoms with Crippen LogP contribution in [-0.4, -0.2) is 27.1 Å². The SMILES string of the molecule is Cc1cccc(N(CCCC(=O)Nc2ccc(Br)c(Cl)c2)S(C)(=O)=O)c1. The third kappa shape index (κ3) is 6.00. The highest BCUT2D eigenvalue weighted by molar-refractivity contribution is 9.10. The van der Waals surface area contributed by atoms with Crippen molar-refractivity contribution in [3.63, 3.8) is 0 Å². The molecule has 26 heavy (non-hydrogen) atoms. The van der Waals surface area contributed by atoms with Crippen molar-refractivity contribution >= 4 is 54.8 Å². The van der Waals surface area contributed by atoms with E-state index in [0.717, 1.165) is 10.0 Å². The quantitative estimate of drug-likeness (QED) is 0.658. The average Bonchev–Trinajstić information content (AvgIpc) is 2.54. The fraction of sp³-hybridized carbons (Fsp3) is 0.278. The van der Waals surface area contributed by atoms with Crippen LogP contribution in [0.25, 0.3) is 0 Å². The summed E-state index contributed by atoms with van der Waals surface area (Å²) in [7, 11) is -3.42. The smallest absolute Gasteiger partial charge is 0.232 e. The van der Waals surface area contributed by atoms with Crippen LogP contribution in [0, 0.1) is 6.92 Å². The summed E-state index contributed by atoms with van der Waals surface area (Å²) in [5, 5.41) is 3.26. The van der Waals surface area contributed by atoms with Gasteiger partial charge in [0.25, 0.3) is 0 Å². The van der Waals surface area contributed by atoms with Crippen LogP contribution in [0.4, 0.5) is 11.4 Å². The first-order valence-electron chi connectivity index (χ1n) is 7.96. The first kappa shape index (κ1) is 20.7. The van der Waals surface area contributed by atoms with Gasteiger partial charge in [-0.3, -0.25) is 9.10 Å². The summed E-state index contributed by atoms with van der Waals surface area (Å²) in [5.74, 6) is -0.193. The molecule has 0 aliphatic heterocycles. The second-order valence-corrected chi connectivity index (χ2v) is 9.12. The molecule has 0 bridgehead atoms. The number of carbonyl (C=O) groups excluding carboxylic acids is 1. The normalized spacial score (nSPS) is 11.2. The predicted molar refractivity (Wildman–Crippen MR) is 110 cm³/mol. The molecule has 8 heteroatoms. The van der Waals surface area contributed by atoms with E-state index in [9.17, 15) is 13.2 Å². The number of sulfonamides is 1. The van der Waals surface area contributed by atoms with Crippen molar-refractivity contribution in [2.45, 2.75) is 19.8 Å². The first-order valence-corrected chi connectivity index (χ1v) is 11.0. The molecule has 0 saturated carbocycles. The van der Waals surface area contributed by atoms with Crippen molar-refractivity contribution in [2.24, 2.45) is 0 Å². The lowest BCUT2D eigenvalue weighted by Gasteiger charge is -2.22. The fourth-order valence-electron chi connectivity index (χ4n) is 2.45. The molecule has 0 spiro atoms. The lowest BCUT2D eigenvalue weighted by molar-refractivity contribution is -0.116. The van der Waals surface area contributed by atoms with Crippen LogP contribution in [-0.2, 0) is 14.8 Å². The number of nitrogens with zero attached hydrogens (tertiary/aromatic N) is 1. The van der Waals surface area contributed by atoms with Crippen molar-refractivity contribution in [3.8, 4) is 0 Å². The Hall–Kier alpha value is -1.57. The number of nitrogens with one attached hydrogen (secondary N) is 1. The van der Waals surface area contributed by atoms with Gasteiger partial charge in [0.05, 0.1) is 17.0 Å². The highest BCUT2D eigenvalue weighted by Gasteiger charge is 2.17. The molecule has 1 amide bonds. The van der Waals surface area contributed by atoms with Gasteiger partial charge < -0.3 is 5.32 Å². The highest BCUT2D eigenvalue weighted by Crippen LogP contribution is 2.25. The lowest BCUT2D eigenvalue weighted by Crippen LogP contribution is -2.31. The Kier molecular flexibility index (Phi) is 7.08. The van der Waals surface area contributed by atoms with Crippen molar-refractivity contribution in [1.82, 2.24) is 0 Å². The number of carbonyl (C=O) groups is 1. The summed E-state index contributed by atoms with van der Waals surface area (Å²) in [6.07, 6.45) is 1.77. The Bertz CT molecular complexity index is 903. The monoisotopic (exact) mass is 458 g/mol. The van der Waals surface area contributed by atoms with E-state index < -0.39 is 10.0 Å². The van der Waals surface area contributed by atoms with Gasteiger partial charge in [-0.2, -0.15) is 0 Å². The fourth-order valence-corrected chi connectivity index (χ4v) is 3.83. The molecular formula is C18H20BrClN2O3S. The Morgan fingerprint density at radius 2 is 1.96 bits per heavy atom. The maximum absolute atomic E-state index is 12.1. The molecule has 0 aliphatic rings. The molecule has 0 aromatic heterocycles. The number of aryl methyl sites for hydroxylation is 1. The maximum atomic E-state index is 12.1. The number of benzene rings is 2. The van der Waals surface area contributed by atoms with Gasteiger partial charge in [0.1, 0.15) is 0 Å². The second kappa shape index (κ2) is 8.88. The summed E-state index contributed by atoms with van der Waals surface area (Å²) in [6.45, 7) is 2.14. The van der Waals surface area contributed by atoms with Gasteiger partial charge in [0.15, 0.2) is 0 Å². The van der Waals surface area contributed by atoms with E-state index in [1.807, 2.05) is 25.1 Å². The summed E-state index contributed by atoms with van der Waals surface area (Å²) >= 11 is 9.29. The topological polar surface area (TPSA) is 66.5 Å². The van der Waals surface area contributed by atoms with Gasteiger partial charge >= 0.3 is 0 Å². The van der Waals surface area contributed by atoms with E-state index >= 15 is 0 Å². The summed E-state index contributed by atoms with van der Waals surface area (Å²) < 4.78 is 26.2. The third-order valence-corrected chi connectivity index (χ3v) is 6.08. The van der Waals surface area contributed by atoms with Crippen molar-refractivity contribution in [2.75, 3.05) is 22.4 Å². The zero-order valence-corrected chi connectivity index (χ0v) is 17.7. The molecule has 2 aromatic carbocycles. The van der Waals surface area contributed by atoms with Crippen LogP contribution in [0.15, 0.2) is 46.9 Å². The van der Waals surface area contributed by atoms with E-state index in [2.05, 4.69) is 21.2 Å². The van der Waals surface area contributed by atoms with Gasteiger partial charge in [-0.05, 0) is 65.2 Å². The second-order valence-electron chi connectivity index (χ2n) is 5.95. The molecule has 0 heterocycles. The Labute approximate surface area is 167 Å². The molecule has 2 rings (SSSR count). The minimum absolute atomic E-state index is 0.193. The number of hydrogen-bond donors (Lipinski definition) is 1. The van der Waals surface area contributed by atoms with Gasteiger partial charge in [0.2, 0.25) is 15.9 Å². The van der Waals surface area contributed by atoms with Crippen LogP contribution in [0.5, 0.6) is 0 Å². The molecule has 0 aliphatic carbocycles. The number of halogens is 2. The molecule has 1 N–H and O–H groups in total. The Morgan fingerprint density at radius 1 is 1.23 bits per heavy atom. The van der Waals surface area contributed by atoms with Crippen molar-refractivity contribution in [1.29, 1.82) is 0 Å².